The summed E-state index contributed by atoms with van der Waals surface area (Å²) in [6, 6.07) is 23.0. The van der Waals surface area contributed by atoms with Gasteiger partial charge in [0, 0.05) is 36.8 Å². The van der Waals surface area contributed by atoms with Gasteiger partial charge in [-0.05, 0) is 43.0 Å². The molecule has 3 amide bonds. The molecule has 0 spiro atoms. The van der Waals surface area contributed by atoms with Crippen molar-refractivity contribution >= 4 is 23.6 Å². The molecule has 1 fully saturated rings. The van der Waals surface area contributed by atoms with Crippen LogP contribution in [0.1, 0.15) is 41.3 Å². The summed E-state index contributed by atoms with van der Waals surface area (Å²) in [5.74, 6) is 0.0523. The Kier molecular flexibility index (Phi) is 10.1. The highest BCUT2D eigenvalue weighted by atomic mass is 16.5. The predicted molar refractivity (Wildman–Crippen MR) is 151 cm³/mol. The van der Waals surface area contributed by atoms with E-state index in [1.165, 1.54) is 0 Å². The van der Waals surface area contributed by atoms with Crippen LogP contribution in [0, 0.1) is 0 Å². The molecule has 0 saturated carbocycles. The van der Waals surface area contributed by atoms with Crippen molar-refractivity contribution in [2.75, 3.05) is 24.6 Å². The van der Waals surface area contributed by atoms with Gasteiger partial charge in [-0.25, -0.2) is 4.79 Å². The van der Waals surface area contributed by atoms with E-state index in [9.17, 15) is 19.5 Å². The first-order chi connectivity index (χ1) is 19.4. The van der Waals surface area contributed by atoms with E-state index in [-0.39, 0.29) is 19.1 Å². The number of anilines is 1. The number of aliphatic hydroxyl groups excluding tert-OH is 1. The summed E-state index contributed by atoms with van der Waals surface area (Å²) >= 11 is 0. The molecule has 0 unspecified atom stereocenters. The normalized spacial score (nSPS) is 14.3. The molecule has 9 heteroatoms. The maximum atomic E-state index is 13.5. The number of hydrogen-bond acceptors (Lipinski definition) is 6. The molecular weight excluding hydrogens is 510 g/mol. The maximum Gasteiger partial charge on any atom is 0.407 e. The summed E-state index contributed by atoms with van der Waals surface area (Å²) in [4.78, 5) is 39.7. The lowest BCUT2D eigenvalue weighted by Gasteiger charge is -2.25. The smallest absolute Gasteiger partial charge is 0.407 e. The van der Waals surface area contributed by atoms with Crippen molar-refractivity contribution in [1.29, 1.82) is 0 Å². The molecular formula is C31H35N3O6. The van der Waals surface area contributed by atoms with Gasteiger partial charge in [-0.15, -0.1) is 0 Å². The molecule has 4 rings (SSSR count). The summed E-state index contributed by atoms with van der Waals surface area (Å²) in [5.41, 5.74) is 2.66. The van der Waals surface area contributed by atoms with Crippen molar-refractivity contribution in [3.63, 3.8) is 0 Å². The third-order valence-corrected chi connectivity index (χ3v) is 6.60. The molecule has 0 radical (unpaired) electrons. The summed E-state index contributed by atoms with van der Waals surface area (Å²) in [7, 11) is 0. The summed E-state index contributed by atoms with van der Waals surface area (Å²) in [6.45, 7) is 2.80. The fraction of sp³-hybridized carbons (Fsp3) is 0.323. The fourth-order valence-electron chi connectivity index (χ4n) is 4.55. The van der Waals surface area contributed by atoms with Gasteiger partial charge >= 0.3 is 6.09 Å². The number of nitrogens with one attached hydrogen (secondary N) is 2. The standard InChI is InChI=1S/C31H35N3O6/c1-2-39-26-18-24(17-25(19-26)34-15-9-14-29(34)36)30(37)33-27(16-22-10-5-3-6-11-22)28(35)20-32-31(38)40-21-23-12-7-4-8-13-23/h3-8,10-13,17-19,27-28,35H,2,9,14-16,20-21H2,1H3,(H,32,38)(H,33,37)/t27-,28+/m0/s1. The van der Waals surface area contributed by atoms with E-state index in [0.717, 1.165) is 17.5 Å². The van der Waals surface area contributed by atoms with Crippen molar-refractivity contribution in [2.24, 2.45) is 0 Å². The molecule has 3 N–H and O–H groups in total. The van der Waals surface area contributed by atoms with Crippen molar-refractivity contribution < 1.29 is 29.0 Å². The zero-order valence-electron chi connectivity index (χ0n) is 22.5. The summed E-state index contributed by atoms with van der Waals surface area (Å²) < 4.78 is 10.9. The van der Waals surface area contributed by atoms with Crippen LogP contribution in [0.3, 0.4) is 0 Å². The van der Waals surface area contributed by atoms with Crippen LogP contribution >= 0.6 is 0 Å². The van der Waals surface area contributed by atoms with Gasteiger partial charge in [0.2, 0.25) is 5.91 Å². The first-order valence-corrected chi connectivity index (χ1v) is 13.5. The molecule has 3 aromatic rings. The van der Waals surface area contributed by atoms with Gasteiger partial charge in [0.1, 0.15) is 12.4 Å². The lowest BCUT2D eigenvalue weighted by atomic mass is 10.0. The van der Waals surface area contributed by atoms with E-state index < -0.39 is 24.1 Å². The van der Waals surface area contributed by atoms with Gasteiger partial charge < -0.3 is 30.1 Å². The van der Waals surface area contributed by atoms with Gasteiger partial charge in [-0.2, -0.15) is 0 Å². The monoisotopic (exact) mass is 545 g/mol. The topological polar surface area (TPSA) is 117 Å². The predicted octanol–water partition coefficient (Wildman–Crippen LogP) is 3.84. The molecule has 40 heavy (non-hydrogen) atoms. The van der Waals surface area contributed by atoms with E-state index in [4.69, 9.17) is 9.47 Å². The molecule has 210 valence electrons. The molecule has 0 aromatic heterocycles. The number of carbonyl (C=O) groups is 3. The summed E-state index contributed by atoms with van der Waals surface area (Å²) in [6.07, 6.45) is -0.227. The number of benzene rings is 3. The molecule has 0 bridgehead atoms. The van der Waals surface area contributed by atoms with Gasteiger partial charge in [-0.1, -0.05) is 60.7 Å². The number of hydrogen-bond donors (Lipinski definition) is 3. The number of nitrogens with zero attached hydrogens (tertiary/aromatic N) is 1. The Morgan fingerprint density at radius 3 is 2.35 bits per heavy atom. The van der Waals surface area contributed by atoms with Crippen LogP contribution in [0.4, 0.5) is 10.5 Å². The number of alkyl carbamates (subject to hydrolysis) is 1. The van der Waals surface area contributed by atoms with Crippen molar-refractivity contribution in [2.45, 2.75) is 44.9 Å². The van der Waals surface area contributed by atoms with Crippen molar-refractivity contribution in [3.05, 3.63) is 95.6 Å². The number of amides is 3. The Morgan fingerprint density at radius 1 is 1.00 bits per heavy atom. The Balaban J connectivity index is 1.46. The van der Waals surface area contributed by atoms with Crippen LogP contribution in [0.2, 0.25) is 0 Å². The Labute approximate surface area is 234 Å². The van der Waals surface area contributed by atoms with Crippen LogP contribution in [-0.2, 0) is 22.6 Å². The Hall–Kier alpha value is -4.37. The van der Waals surface area contributed by atoms with E-state index in [1.54, 1.807) is 23.1 Å². The third kappa shape index (κ3) is 8.07. The average molecular weight is 546 g/mol. The minimum atomic E-state index is -1.11. The molecule has 9 nitrogen and oxygen atoms in total. The van der Waals surface area contributed by atoms with E-state index in [0.29, 0.717) is 43.0 Å². The molecule has 1 saturated heterocycles. The SMILES string of the molecule is CCOc1cc(C(=O)N[C@@H](Cc2ccccc2)[C@H](O)CNC(=O)OCc2ccccc2)cc(N2CCCC2=O)c1. The minimum absolute atomic E-state index is 0.00241. The zero-order valence-corrected chi connectivity index (χ0v) is 22.5. The minimum Gasteiger partial charge on any atom is -0.494 e. The second-order valence-electron chi connectivity index (χ2n) is 9.58. The van der Waals surface area contributed by atoms with E-state index >= 15 is 0 Å². The molecule has 1 aliphatic rings. The number of carbonyl (C=O) groups excluding carboxylic acids is 3. The maximum absolute atomic E-state index is 13.5. The largest absolute Gasteiger partial charge is 0.494 e. The zero-order chi connectivity index (χ0) is 28.3. The number of aliphatic hydroxyl groups is 1. The lowest BCUT2D eigenvalue weighted by molar-refractivity contribution is -0.117. The number of rotatable bonds is 12. The highest BCUT2D eigenvalue weighted by molar-refractivity contribution is 5.99. The van der Waals surface area contributed by atoms with Crippen molar-refractivity contribution in [1.82, 2.24) is 10.6 Å². The second kappa shape index (κ2) is 14.1. The van der Waals surface area contributed by atoms with Gasteiger partial charge in [0.25, 0.3) is 5.91 Å². The third-order valence-electron chi connectivity index (χ3n) is 6.60. The number of ether oxygens (including phenoxy) is 2. The van der Waals surface area contributed by atoms with Gasteiger partial charge in [-0.3, -0.25) is 9.59 Å². The molecule has 1 heterocycles. The second-order valence-corrected chi connectivity index (χ2v) is 9.58. The van der Waals surface area contributed by atoms with Gasteiger partial charge in [0.15, 0.2) is 0 Å². The molecule has 0 aliphatic carbocycles. The Bertz CT molecular complexity index is 1280. The highest BCUT2D eigenvalue weighted by Gasteiger charge is 2.26. The first kappa shape index (κ1) is 28.6. The molecule has 2 atom stereocenters. The first-order valence-electron chi connectivity index (χ1n) is 13.5. The fourth-order valence-corrected chi connectivity index (χ4v) is 4.55. The quantitative estimate of drug-likeness (QED) is 0.318. The van der Waals surface area contributed by atoms with Crippen LogP contribution in [-0.4, -0.2) is 54.9 Å². The van der Waals surface area contributed by atoms with Gasteiger partial charge in [0.05, 0.1) is 18.8 Å². The summed E-state index contributed by atoms with van der Waals surface area (Å²) in [5, 5.41) is 16.5. The van der Waals surface area contributed by atoms with Crippen LogP contribution < -0.4 is 20.3 Å². The van der Waals surface area contributed by atoms with E-state index in [2.05, 4.69) is 10.6 Å². The highest BCUT2D eigenvalue weighted by Crippen LogP contribution is 2.28. The molecule has 3 aromatic carbocycles. The van der Waals surface area contributed by atoms with Crippen molar-refractivity contribution in [3.8, 4) is 5.75 Å². The van der Waals surface area contributed by atoms with Crippen LogP contribution in [0.5, 0.6) is 5.75 Å². The average Bonchev–Trinajstić information content (AvgIpc) is 3.41. The van der Waals surface area contributed by atoms with E-state index in [1.807, 2.05) is 67.6 Å². The lowest BCUT2D eigenvalue weighted by Crippen LogP contribution is -2.49. The van der Waals surface area contributed by atoms with Crippen LogP contribution in [0.25, 0.3) is 0 Å². The van der Waals surface area contributed by atoms with Crippen LogP contribution in [0.15, 0.2) is 78.9 Å². The Morgan fingerprint density at radius 2 is 1.70 bits per heavy atom. The molecule has 1 aliphatic heterocycles.